The first-order valence-electron chi connectivity index (χ1n) is 7.49. The van der Waals surface area contributed by atoms with Crippen molar-refractivity contribution in [3.05, 3.63) is 22.4 Å². The summed E-state index contributed by atoms with van der Waals surface area (Å²) in [7, 11) is 0. The molecular formula is C15H25N3OS. The number of rotatable bonds is 5. The minimum atomic E-state index is -0.558. The molecule has 112 valence electrons. The summed E-state index contributed by atoms with van der Waals surface area (Å²) in [5.74, 6) is 0.792. The minimum Gasteiger partial charge on any atom is -0.388 e. The highest BCUT2D eigenvalue weighted by Gasteiger charge is 2.29. The number of nitrogens with zero attached hydrogens (tertiary/aromatic N) is 1. The third-order valence-corrected chi connectivity index (χ3v) is 4.55. The van der Waals surface area contributed by atoms with E-state index in [4.69, 9.17) is 0 Å². The molecule has 20 heavy (non-hydrogen) atoms. The Morgan fingerprint density at radius 3 is 2.80 bits per heavy atom. The van der Waals surface area contributed by atoms with Crippen LogP contribution in [0.1, 0.15) is 43.9 Å². The second-order valence-corrected chi connectivity index (χ2v) is 6.45. The van der Waals surface area contributed by atoms with E-state index >= 15 is 0 Å². The van der Waals surface area contributed by atoms with Gasteiger partial charge in [-0.2, -0.15) is 0 Å². The molecule has 1 heterocycles. The minimum absolute atomic E-state index is 0.558. The largest absolute Gasteiger partial charge is 0.388 e. The number of guanidine groups is 1. The lowest BCUT2D eigenvalue weighted by molar-refractivity contribution is 0.00859. The van der Waals surface area contributed by atoms with Crippen molar-refractivity contribution in [3.63, 3.8) is 0 Å². The fourth-order valence-corrected chi connectivity index (χ4v) is 3.16. The van der Waals surface area contributed by atoms with Gasteiger partial charge in [0.2, 0.25) is 0 Å². The SMILES string of the molecule is CCNC(=NCc1cccs1)NCC1(O)CCCCC1. The highest BCUT2D eigenvalue weighted by atomic mass is 32.1. The van der Waals surface area contributed by atoms with Crippen molar-refractivity contribution in [1.82, 2.24) is 10.6 Å². The molecular weight excluding hydrogens is 270 g/mol. The van der Waals surface area contributed by atoms with Gasteiger partial charge in [0.1, 0.15) is 0 Å². The Kier molecular flexibility index (Phi) is 5.86. The number of thiophene rings is 1. The number of aliphatic hydroxyl groups is 1. The summed E-state index contributed by atoms with van der Waals surface area (Å²) in [6.07, 6.45) is 5.28. The molecule has 0 atom stereocenters. The molecule has 4 nitrogen and oxygen atoms in total. The summed E-state index contributed by atoms with van der Waals surface area (Å²) in [5.41, 5.74) is -0.558. The van der Waals surface area contributed by atoms with Crippen LogP contribution >= 0.6 is 11.3 Å². The molecule has 0 spiro atoms. The van der Waals surface area contributed by atoms with Crippen molar-refractivity contribution in [2.45, 2.75) is 51.2 Å². The molecule has 0 bridgehead atoms. The molecule has 1 saturated carbocycles. The standard InChI is InChI=1S/C15H25N3OS/c1-2-16-14(17-11-13-7-6-10-20-13)18-12-15(19)8-4-3-5-9-15/h6-7,10,19H,2-5,8-9,11-12H2,1H3,(H2,16,17,18). The van der Waals surface area contributed by atoms with E-state index in [-0.39, 0.29) is 0 Å². The van der Waals surface area contributed by atoms with E-state index in [1.165, 1.54) is 11.3 Å². The van der Waals surface area contributed by atoms with Gasteiger partial charge in [-0.1, -0.05) is 25.3 Å². The molecule has 0 unspecified atom stereocenters. The Balaban J connectivity index is 1.86. The van der Waals surface area contributed by atoms with Crippen molar-refractivity contribution >= 4 is 17.3 Å². The van der Waals surface area contributed by atoms with Gasteiger partial charge in [-0.3, -0.25) is 0 Å². The average Bonchev–Trinajstić information content (AvgIpc) is 2.96. The summed E-state index contributed by atoms with van der Waals surface area (Å²) < 4.78 is 0. The predicted molar refractivity (Wildman–Crippen MR) is 85.2 cm³/mol. The maximum atomic E-state index is 10.5. The third kappa shape index (κ3) is 4.80. The van der Waals surface area contributed by atoms with Crippen LogP contribution in [-0.4, -0.2) is 29.8 Å². The first-order valence-corrected chi connectivity index (χ1v) is 8.37. The van der Waals surface area contributed by atoms with E-state index in [1.54, 1.807) is 11.3 Å². The summed E-state index contributed by atoms with van der Waals surface area (Å²) in [4.78, 5) is 5.81. The van der Waals surface area contributed by atoms with Crippen molar-refractivity contribution in [1.29, 1.82) is 0 Å². The normalized spacial score (nSPS) is 18.8. The number of nitrogens with one attached hydrogen (secondary N) is 2. The van der Waals surface area contributed by atoms with Gasteiger partial charge in [0, 0.05) is 18.0 Å². The van der Waals surface area contributed by atoms with E-state index < -0.39 is 5.60 Å². The van der Waals surface area contributed by atoms with Crippen LogP contribution in [0, 0.1) is 0 Å². The summed E-state index contributed by atoms with van der Waals surface area (Å²) >= 11 is 1.72. The van der Waals surface area contributed by atoms with Gasteiger partial charge in [0.15, 0.2) is 5.96 Å². The molecule has 3 N–H and O–H groups in total. The van der Waals surface area contributed by atoms with Gasteiger partial charge >= 0.3 is 0 Å². The molecule has 1 aliphatic rings. The lowest BCUT2D eigenvalue weighted by Crippen LogP contribution is -2.48. The Bertz CT molecular complexity index is 411. The molecule has 1 aromatic rings. The van der Waals surface area contributed by atoms with E-state index in [0.29, 0.717) is 13.1 Å². The average molecular weight is 295 g/mol. The summed E-state index contributed by atoms with van der Waals surface area (Å²) in [6, 6.07) is 4.13. The molecule has 0 saturated heterocycles. The zero-order valence-electron chi connectivity index (χ0n) is 12.2. The van der Waals surface area contributed by atoms with E-state index in [9.17, 15) is 5.11 Å². The van der Waals surface area contributed by atoms with Crippen molar-refractivity contribution in [2.24, 2.45) is 4.99 Å². The molecule has 0 aliphatic heterocycles. The zero-order valence-corrected chi connectivity index (χ0v) is 13.0. The van der Waals surface area contributed by atoms with E-state index in [0.717, 1.165) is 38.2 Å². The van der Waals surface area contributed by atoms with Crippen LogP contribution in [0.15, 0.2) is 22.5 Å². The lowest BCUT2D eigenvalue weighted by Gasteiger charge is -2.32. The molecule has 0 aromatic carbocycles. The quantitative estimate of drug-likeness (QED) is 0.578. The first kappa shape index (κ1) is 15.3. The maximum absolute atomic E-state index is 10.5. The topological polar surface area (TPSA) is 56.7 Å². The molecule has 5 heteroatoms. The third-order valence-electron chi connectivity index (χ3n) is 3.69. The van der Waals surface area contributed by atoms with Crippen LogP contribution < -0.4 is 10.6 Å². The lowest BCUT2D eigenvalue weighted by atomic mass is 9.85. The van der Waals surface area contributed by atoms with Crippen LogP contribution in [0.3, 0.4) is 0 Å². The fourth-order valence-electron chi connectivity index (χ4n) is 2.54. The maximum Gasteiger partial charge on any atom is 0.191 e. The second-order valence-electron chi connectivity index (χ2n) is 5.41. The van der Waals surface area contributed by atoms with Crippen LogP contribution in [0.25, 0.3) is 0 Å². The van der Waals surface area contributed by atoms with Crippen LogP contribution in [0.2, 0.25) is 0 Å². The highest BCUT2D eigenvalue weighted by molar-refractivity contribution is 7.09. The van der Waals surface area contributed by atoms with Crippen LogP contribution in [-0.2, 0) is 6.54 Å². The Labute approximate surface area is 125 Å². The van der Waals surface area contributed by atoms with E-state index in [1.807, 2.05) is 6.07 Å². The molecule has 2 rings (SSSR count). The number of aliphatic imine (C=N–C) groups is 1. The van der Waals surface area contributed by atoms with Gasteiger partial charge < -0.3 is 15.7 Å². The van der Waals surface area contributed by atoms with Gasteiger partial charge in [0.05, 0.1) is 12.1 Å². The first-order chi connectivity index (χ1) is 9.72. The smallest absolute Gasteiger partial charge is 0.191 e. The molecule has 1 fully saturated rings. The number of hydrogen-bond acceptors (Lipinski definition) is 3. The van der Waals surface area contributed by atoms with Gasteiger partial charge in [-0.25, -0.2) is 4.99 Å². The second kappa shape index (κ2) is 7.64. The summed E-state index contributed by atoms with van der Waals surface area (Å²) in [5, 5.41) is 19.1. The molecule has 1 aliphatic carbocycles. The van der Waals surface area contributed by atoms with Crippen LogP contribution in [0.5, 0.6) is 0 Å². The van der Waals surface area contributed by atoms with Gasteiger partial charge in [-0.15, -0.1) is 11.3 Å². The zero-order chi connectivity index (χ0) is 14.3. The van der Waals surface area contributed by atoms with Gasteiger partial charge in [-0.05, 0) is 31.2 Å². The Morgan fingerprint density at radius 1 is 1.35 bits per heavy atom. The highest BCUT2D eigenvalue weighted by Crippen LogP contribution is 2.27. The van der Waals surface area contributed by atoms with E-state index in [2.05, 4.69) is 34.0 Å². The number of hydrogen-bond donors (Lipinski definition) is 3. The molecule has 0 radical (unpaired) electrons. The monoisotopic (exact) mass is 295 g/mol. The van der Waals surface area contributed by atoms with Crippen molar-refractivity contribution in [3.8, 4) is 0 Å². The molecule has 1 aromatic heterocycles. The Morgan fingerprint density at radius 2 is 2.15 bits per heavy atom. The Hall–Kier alpha value is -1.07. The molecule has 0 amide bonds. The predicted octanol–water partition coefficient (Wildman–Crippen LogP) is 2.50. The van der Waals surface area contributed by atoms with Crippen molar-refractivity contribution in [2.75, 3.05) is 13.1 Å². The van der Waals surface area contributed by atoms with Crippen molar-refractivity contribution < 1.29 is 5.11 Å². The van der Waals surface area contributed by atoms with Gasteiger partial charge in [0.25, 0.3) is 0 Å². The fraction of sp³-hybridized carbons (Fsp3) is 0.667. The van der Waals surface area contributed by atoms with Crippen LogP contribution in [0.4, 0.5) is 0 Å². The summed E-state index contributed by atoms with van der Waals surface area (Å²) in [6.45, 7) is 4.15.